The highest BCUT2D eigenvalue weighted by atomic mass is 19.3. The van der Waals surface area contributed by atoms with E-state index in [1.807, 2.05) is 13.8 Å². The van der Waals surface area contributed by atoms with Crippen LogP contribution < -0.4 is 0 Å². The number of carbonyl (C=O) groups is 1. The maximum Gasteiger partial charge on any atom is 0.315 e. The lowest BCUT2D eigenvalue weighted by Crippen LogP contribution is -2.44. The van der Waals surface area contributed by atoms with E-state index in [9.17, 15) is 13.6 Å². The predicted molar refractivity (Wildman–Crippen MR) is 54.0 cm³/mol. The van der Waals surface area contributed by atoms with Gasteiger partial charge in [-0.1, -0.05) is 13.8 Å². The van der Waals surface area contributed by atoms with E-state index in [0.29, 0.717) is 12.8 Å². The first kappa shape index (κ1) is 14.3. The zero-order chi connectivity index (χ0) is 11.8. The van der Waals surface area contributed by atoms with Crippen LogP contribution in [-0.4, -0.2) is 43.5 Å². The van der Waals surface area contributed by atoms with E-state index in [2.05, 4.69) is 0 Å². The summed E-state index contributed by atoms with van der Waals surface area (Å²) in [6, 6.07) is -0.123. The molecule has 0 aromatic carbocycles. The number of halogens is 2. The molecule has 0 rings (SSSR count). The highest BCUT2D eigenvalue weighted by Crippen LogP contribution is 2.12. The lowest BCUT2D eigenvalue weighted by Gasteiger charge is -2.30. The molecule has 0 aliphatic heterocycles. The van der Waals surface area contributed by atoms with Gasteiger partial charge in [0.1, 0.15) is 0 Å². The number of ether oxygens (including phenoxy) is 1. The van der Waals surface area contributed by atoms with Crippen molar-refractivity contribution in [3.63, 3.8) is 0 Å². The number of hydrogen-bond donors (Lipinski definition) is 0. The zero-order valence-electron chi connectivity index (χ0n) is 9.50. The molecule has 0 fully saturated rings. The fourth-order valence-corrected chi connectivity index (χ4v) is 1.52. The van der Waals surface area contributed by atoms with Crippen molar-refractivity contribution in [3.05, 3.63) is 0 Å². The van der Waals surface area contributed by atoms with Crippen LogP contribution in [0.4, 0.5) is 8.78 Å². The van der Waals surface area contributed by atoms with E-state index in [-0.39, 0.29) is 19.2 Å². The van der Waals surface area contributed by atoms with Crippen molar-refractivity contribution < 1.29 is 18.3 Å². The van der Waals surface area contributed by atoms with Gasteiger partial charge in [0.05, 0.1) is 6.61 Å². The van der Waals surface area contributed by atoms with Gasteiger partial charge in [0.2, 0.25) is 0 Å². The molecule has 90 valence electrons. The van der Waals surface area contributed by atoms with Crippen LogP contribution in [0.15, 0.2) is 0 Å². The molecule has 0 aliphatic rings. The molecule has 0 spiro atoms. The Morgan fingerprint density at radius 3 is 2.20 bits per heavy atom. The molecule has 1 amide bonds. The summed E-state index contributed by atoms with van der Waals surface area (Å²) >= 11 is 0. The lowest BCUT2D eigenvalue weighted by atomic mass is 10.1. The molecule has 0 saturated carbocycles. The van der Waals surface area contributed by atoms with Gasteiger partial charge in [0, 0.05) is 19.7 Å². The van der Waals surface area contributed by atoms with Crippen LogP contribution in [0.3, 0.4) is 0 Å². The Morgan fingerprint density at radius 2 is 1.87 bits per heavy atom. The average molecular weight is 223 g/mol. The highest BCUT2D eigenvalue weighted by molar-refractivity contribution is 5.79. The van der Waals surface area contributed by atoms with Crippen LogP contribution in [0.1, 0.15) is 26.7 Å². The minimum atomic E-state index is -2.93. The van der Waals surface area contributed by atoms with Gasteiger partial charge in [-0.05, 0) is 12.8 Å². The standard InChI is InChI=1S/C10H19F2NO2/c1-4-8(5-2)13(6-7-15-3)10(14)9(11)12/h8-9H,4-7H2,1-3H3. The van der Waals surface area contributed by atoms with Crippen LogP contribution in [0.5, 0.6) is 0 Å². The molecule has 0 atom stereocenters. The first-order valence-corrected chi connectivity index (χ1v) is 5.15. The molecule has 0 aromatic rings. The Morgan fingerprint density at radius 1 is 1.33 bits per heavy atom. The first-order valence-electron chi connectivity index (χ1n) is 5.15. The first-order chi connectivity index (χ1) is 7.08. The van der Waals surface area contributed by atoms with Crippen molar-refractivity contribution in [1.29, 1.82) is 0 Å². The van der Waals surface area contributed by atoms with Crippen molar-refractivity contribution in [2.45, 2.75) is 39.2 Å². The largest absolute Gasteiger partial charge is 0.383 e. The third-order valence-electron chi connectivity index (χ3n) is 2.39. The van der Waals surface area contributed by atoms with Crippen LogP contribution in [0.25, 0.3) is 0 Å². The van der Waals surface area contributed by atoms with Gasteiger partial charge in [-0.3, -0.25) is 4.79 Å². The molecular weight excluding hydrogens is 204 g/mol. The topological polar surface area (TPSA) is 29.5 Å². The minimum Gasteiger partial charge on any atom is -0.383 e. The Kier molecular flexibility index (Phi) is 7.21. The number of amides is 1. The molecule has 0 radical (unpaired) electrons. The maximum absolute atomic E-state index is 12.3. The summed E-state index contributed by atoms with van der Waals surface area (Å²) in [5.74, 6) is -1.10. The molecule has 0 aromatic heterocycles. The molecule has 3 nitrogen and oxygen atoms in total. The van der Waals surface area contributed by atoms with E-state index in [4.69, 9.17) is 4.74 Å². The molecule has 0 unspecified atom stereocenters. The third-order valence-corrected chi connectivity index (χ3v) is 2.39. The Labute approximate surface area is 89.4 Å². The summed E-state index contributed by atoms with van der Waals surface area (Å²) in [5, 5.41) is 0. The lowest BCUT2D eigenvalue weighted by molar-refractivity contribution is -0.146. The molecular formula is C10H19F2NO2. The summed E-state index contributed by atoms with van der Waals surface area (Å²) < 4.78 is 29.4. The van der Waals surface area contributed by atoms with Crippen molar-refractivity contribution in [3.8, 4) is 0 Å². The molecule has 5 heteroatoms. The second-order valence-corrected chi connectivity index (χ2v) is 3.30. The monoisotopic (exact) mass is 223 g/mol. The van der Waals surface area contributed by atoms with Gasteiger partial charge in [-0.25, -0.2) is 0 Å². The summed E-state index contributed by atoms with van der Waals surface area (Å²) in [6.45, 7) is 4.28. The van der Waals surface area contributed by atoms with Gasteiger partial charge < -0.3 is 9.64 Å². The second kappa shape index (κ2) is 7.56. The molecule has 15 heavy (non-hydrogen) atoms. The number of alkyl halides is 2. The van der Waals surface area contributed by atoms with Crippen molar-refractivity contribution in [1.82, 2.24) is 4.90 Å². The number of carbonyl (C=O) groups excluding carboxylic acids is 1. The molecule has 0 bridgehead atoms. The van der Waals surface area contributed by atoms with Gasteiger partial charge in [-0.15, -0.1) is 0 Å². The van der Waals surface area contributed by atoms with Crippen LogP contribution >= 0.6 is 0 Å². The normalized spacial score (nSPS) is 11.1. The molecule has 0 N–H and O–H groups in total. The Bertz CT molecular complexity index is 184. The SMILES string of the molecule is CCC(CC)N(CCOC)C(=O)C(F)F. The summed E-state index contributed by atoms with van der Waals surface area (Å²) in [6.07, 6.45) is -1.57. The fraction of sp³-hybridized carbons (Fsp3) is 0.900. The van der Waals surface area contributed by atoms with Gasteiger partial charge in [0.15, 0.2) is 0 Å². The number of rotatable bonds is 7. The zero-order valence-corrected chi connectivity index (χ0v) is 9.50. The van der Waals surface area contributed by atoms with Crippen molar-refractivity contribution in [2.24, 2.45) is 0 Å². The van der Waals surface area contributed by atoms with Gasteiger partial charge in [0.25, 0.3) is 5.91 Å². The molecule has 0 heterocycles. The molecule has 0 aliphatic carbocycles. The van der Waals surface area contributed by atoms with Crippen LogP contribution in [0, 0.1) is 0 Å². The summed E-state index contributed by atoms with van der Waals surface area (Å²) in [4.78, 5) is 12.4. The maximum atomic E-state index is 12.3. The molecule has 0 saturated heterocycles. The van der Waals surface area contributed by atoms with E-state index >= 15 is 0 Å². The number of nitrogens with zero attached hydrogens (tertiary/aromatic N) is 1. The van der Waals surface area contributed by atoms with E-state index in [0.717, 1.165) is 0 Å². The summed E-state index contributed by atoms with van der Waals surface area (Å²) in [5.41, 5.74) is 0. The predicted octanol–water partition coefficient (Wildman–Crippen LogP) is 1.92. The Hall–Kier alpha value is -0.710. The highest BCUT2D eigenvalue weighted by Gasteiger charge is 2.27. The Balaban J connectivity index is 4.47. The van der Waals surface area contributed by atoms with Gasteiger partial charge in [-0.2, -0.15) is 8.78 Å². The minimum absolute atomic E-state index is 0.123. The van der Waals surface area contributed by atoms with Gasteiger partial charge >= 0.3 is 6.43 Å². The third kappa shape index (κ3) is 4.55. The smallest absolute Gasteiger partial charge is 0.315 e. The fourth-order valence-electron chi connectivity index (χ4n) is 1.52. The van der Waals surface area contributed by atoms with E-state index < -0.39 is 12.3 Å². The van der Waals surface area contributed by atoms with E-state index in [1.54, 1.807) is 0 Å². The van der Waals surface area contributed by atoms with Crippen LogP contribution in [0.2, 0.25) is 0 Å². The second-order valence-electron chi connectivity index (χ2n) is 3.30. The van der Waals surface area contributed by atoms with Crippen molar-refractivity contribution >= 4 is 5.91 Å². The van der Waals surface area contributed by atoms with Crippen molar-refractivity contribution in [2.75, 3.05) is 20.3 Å². The van der Waals surface area contributed by atoms with Crippen LogP contribution in [-0.2, 0) is 9.53 Å². The van der Waals surface area contributed by atoms with E-state index in [1.165, 1.54) is 12.0 Å². The average Bonchev–Trinajstić information content (AvgIpc) is 2.23. The number of hydrogen-bond acceptors (Lipinski definition) is 2. The number of methoxy groups -OCH3 is 1. The quantitative estimate of drug-likeness (QED) is 0.660. The summed E-state index contributed by atoms with van der Waals surface area (Å²) in [7, 11) is 1.48.